The Balaban J connectivity index is 2.04. The molecule has 0 radical (unpaired) electrons. The third-order valence-electron chi connectivity index (χ3n) is 3.06. The van der Waals surface area contributed by atoms with Crippen molar-refractivity contribution in [2.45, 2.75) is 6.42 Å². The first-order chi connectivity index (χ1) is 8.48. The number of nitrogens with one attached hydrogen (secondary N) is 1. The van der Waals surface area contributed by atoms with Crippen molar-refractivity contribution in [1.82, 2.24) is 14.2 Å². The van der Waals surface area contributed by atoms with Crippen LogP contribution >= 0.6 is 0 Å². The Morgan fingerprint density at radius 2 is 2.06 bits per heavy atom. The number of hydrogen-bond donors (Lipinski definition) is 1. The molecule has 1 saturated heterocycles. The van der Waals surface area contributed by atoms with Crippen LogP contribution in [0.5, 0.6) is 0 Å². The van der Waals surface area contributed by atoms with Gasteiger partial charge in [-0.1, -0.05) is 0 Å². The maximum absolute atomic E-state index is 12.1. The molecule has 6 nitrogen and oxygen atoms in total. The summed E-state index contributed by atoms with van der Waals surface area (Å²) in [7, 11) is -3.16. The second kappa shape index (κ2) is 5.11. The first kappa shape index (κ1) is 13.1. The second-order valence-electron chi connectivity index (χ2n) is 4.41. The molecule has 1 N–H and O–H groups in total. The largest absolute Gasteiger partial charge is 0.367 e. The summed E-state index contributed by atoms with van der Waals surface area (Å²) in [6.07, 6.45) is 5.23. The Labute approximate surface area is 107 Å². The monoisotopic (exact) mass is 271 g/mol. The van der Waals surface area contributed by atoms with Crippen molar-refractivity contribution < 1.29 is 13.2 Å². The molecule has 0 unspecified atom stereocenters. The Morgan fingerprint density at radius 3 is 2.67 bits per heavy atom. The van der Waals surface area contributed by atoms with E-state index in [1.165, 1.54) is 10.6 Å². The molecule has 1 aliphatic rings. The molecule has 7 heteroatoms. The fraction of sp³-hybridized carbons (Fsp3) is 0.545. The summed E-state index contributed by atoms with van der Waals surface area (Å²) in [5.74, 6) is -0.0494. The molecule has 1 fully saturated rings. The molecular formula is C11H17N3O3S. The van der Waals surface area contributed by atoms with Gasteiger partial charge in [0.25, 0.3) is 5.91 Å². The first-order valence-corrected chi connectivity index (χ1v) is 7.70. The highest BCUT2D eigenvalue weighted by Crippen LogP contribution is 2.10. The van der Waals surface area contributed by atoms with Crippen LogP contribution in [-0.2, 0) is 10.0 Å². The summed E-state index contributed by atoms with van der Waals surface area (Å²) in [5, 5.41) is 0. The van der Waals surface area contributed by atoms with Crippen molar-refractivity contribution in [3.8, 4) is 0 Å². The van der Waals surface area contributed by atoms with Gasteiger partial charge >= 0.3 is 0 Å². The molecule has 0 atom stereocenters. The van der Waals surface area contributed by atoms with E-state index in [1.807, 2.05) is 0 Å². The van der Waals surface area contributed by atoms with E-state index in [0.717, 1.165) is 0 Å². The van der Waals surface area contributed by atoms with Crippen molar-refractivity contribution in [3.05, 3.63) is 24.0 Å². The number of aromatic nitrogens is 1. The van der Waals surface area contributed by atoms with E-state index in [9.17, 15) is 13.2 Å². The summed E-state index contributed by atoms with van der Waals surface area (Å²) in [5.41, 5.74) is 0.614. The highest BCUT2D eigenvalue weighted by Gasteiger charge is 2.24. The average Bonchev–Trinajstić information content (AvgIpc) is 2.70. The van der Waals surface area contributed by atoms with Gasteiger partial charge in [-0.2, -0.15) is 0 Å². The predicted octanol–water partition coefficient (Wildman–Crippen LogP) is 0.122. The third kappa shape index (κ3) is 2.91. The fourth-order valence-electron chi connectivity index (χ4n) is 2.07. The maximum atomic E-state index is 12.1. The van der Waals surface area contributed by atoms with E-state index >= 15 is 0 Å². The van der Waals surface area contributed by atoms with Gasteiger partial charge in [0.2, 0.25) is 10.0 Å². The SMILES string of the molecule is CS(=O)(=O)N1CCCN(C(=O)c2cc[nH]c2)CC1. The molecule has 18 heavy (non-hydrogen) atoms. The number of hydrogen-bond acceptors (Lipinski definition) is 3. The number of amides is 1. The average molecular weight is 271 g/mol. The molecule has 1 aliphatic heterocycles. The van der Waals surface area contributed by atoms with E-state index in [0.29, 0.717) is 38.2 Å². The quantitative estimate of drug-likeness (QED) is 0.830. The van der Waals surface area contributed by atoms with E-state index in [2.05, 4.69) is 4.98 Å². The Hall–Kier alpha value is -1.34. The number of H-pyrrole nitrogens is 1. The van der Waals surface area contributed by atoms with E-state index in [1.54, 1.807) is 23.4 Å². The highest BCUT2D eigenvalue weighted by atomic mass is 32.2. The summed E-state index contributed by atoms with van der Waals surface area (Å²) < 4.78 is 24.4. The van der Waals surface area contributed by atoms with E-state index in [4.69, 9.17) is 0 Å². The number of carbonyl (C=O) groups excluding carboxylic acids is 1. The molecule has 1 aromatic rings. The second-order valence-corrected chi connectivity index (χ2v) is 6.39. The zero-order chi connectivity index (χ0) is 13.2. The predicted molar refractivity (Wildman–Crippen MR) is 67.7 cm³/mol. The van der Waals surface area contributed by atoms with Gasteiger partial charge in [0.15, 0.2) is 0 Å². The fourth-order valence-corrected chi connectivity index (χ4v) is 2.94. The molecule has 0 aromatic carbocycles. The van der Waals surface area contributed by atoms with E-state index in [-0.39, 0.29) is 5.91 Å². The Bertz CT molecular complexity index is 510. The molecule has 100 valence electrons. The summed E-state index contributed by atoms with van der Waals surface area (Å²) in [6, 6.07) is 1.72. The lowest BCUT2D eigenvalue weighted by atomic mass is 10.3. The Morgan fingerprint density at radius 1 is 1.28 bits per heavy atom. The topological polar surface area (TPSA) is 73.5 Å². The minimum atomic E-state index is -3.16. The van der Waals surface area contributed by atoms with Crippen LogP contribution in [0.15, 0.2) is 18.5 Å². The van der Waals surface area contributed by atoms with Gasteiger partial charge < -0.3 is 9.88 Å². The van der Waals surface area contributed by atoms with Gasteiger partial charge in [0.05, 0.1) is 11.8 Å². The molecule has 2 rings (SSSR count). The molecule has 1 aromatic heterocycles. The third-order valence-corrected chi connectivity index (χ3v) is 4.36. The summed E-state index contributed by atoms with van der Waals surface area (Å²) in [6.45, 7) is 1.89. The smallest absolute Gasteiger partial charge is 0.255 e. The minimum Gasteiger partial charge on any atom is -0.367 e. The van der Waals surface area contributed by atoms with Gasteiger partial charge in [-0.05, 0) is 12.5 Å². The van der Waals surface area contributed by atoms with Crippen LogP contribution in [0.25, 0.3) is 0 Å². The summed E-state index contributed by atoms with van der Waals surface area (Å²) >= 11 is 0. The zero-order valence-corrected chi connectivity index (χ0v) is 11.1. The van der Waals surface area contributed by atoms with Crippen LogP contribution in [0.1, 0.15) is 16.8 Å². The molecule has 0 bridgehead atoms. The zero-order valence-electron chi connectivity index (χ0n) is 10.3. The van der Waals surface area contributed by atoms with Crippen LogP contribution in [0, 0.1) is 0 Å². The molecular weight excluding hydrogens is 254 g/mol. The van der Waals surface area contributed by atoms with Crippen LogP contribution in [-0.4, -0.2) is 60.9 Å². The number of aromatic amines is 1. The lowest BCUT2D eigenvalue weighted by Gasteiger charge is -2.20. The number of sulfonamides is 1. The van der Waals surface area contributed by atoms with Crippen molar-refractivity contribution in [2.75, 3.05) is 32.4 Å². The molecule has 0 spiro atoms. The van der Waals surface area contributed by atoms with Crippen LogP contribution in [0.4, 0.5) is 0 Å². The molecule has 0 aliphatic carbocycles. The van der Waals surface area contributed by atoms with Crippen LogP contribution < -0.4 is 0 Å². The number of rotatable bonds is 2. The van der Waals surface area contributed by atoms with Crippen molar-refractivity contribution in [1.29, 1.82) is 0 Å². The van der Waals surface area contributed by atoms with Crippen LogP contribution in [0.3, 0.4) is 0 Å². The lowest BCUT2D eigenvalue weighted by molar-refractivity contribution is 0.0764. The van der Waals surface area contributed by atoms with Crippen molar-refractivity contribution >= 4 is 15.9 Å². The van der Waals surface area contributed by atoms with Gasteiger partial charge in [-0.25, -0.2) is 12.7 Å². The molecule has 1 amide bonds. The lowest BCUT2D eigenvalue weighted by Crippen LogP contribution is -2.36. The standard InChI is InChI=1S/C11H17N3O3S/c1-18(16,17)14-6-2-5-13(7-8-14)11(15)10-3-4-12-9-10/h3-4,9,12H,2,5-8H2,1H3. The number of nitrogens with zero attached hydrogens (tertiary/aromatic N) is 2. The van der Waals surface area contributed by atoms with Gasteiger partial charge in [0.1, 0.15) is 0 Å². The van der Waals surface area contributed by atoms with Crippen molar-refractivity contribution in [3.63, 3.8) is 0 Å². The van der Waals surface area contributed by atoms with Gasteiger partial charge in [-0.15, -0.1) is 0 Å². The molecule has 2 heterocycles. The molecule has 0 saturated carbocycles. The minimum absolute atomic E-state index is 0.0494. The van der Waals surface area contributed by atoms with Crippen LogP contribution in [0.2, 0.25) is 0 Å². The normalized spacial score (nSPS) is 18.6. The first-order valence-electron chi connectivity index (χ1n) is 5.85. The van der Waals surface area contributed by atoms with Crippen molar-refractivity contribution in [2.24, 2.45) is 0 Å². The van der Waals surface area contributed by atoms with E-state index < -0.39 is 10.0 Å². The van der Waals surface area contributed by atoms with Gasteiger partial charge in [-0.3, -0.25) is 4.79 Å². The number of carbonyl (C=O) groups is 1. The van der Waals surface area contributed by atoms with Gasteiger partial charge in [0, 0.05) is 38.6 Å². The summed E-state index contributed by atoms with van der Waals surface area (Å²) in [4.78, 5) is 16.7. The maximum Gasteiger partial charge on any atom is 0.255 e. The Kier molecular flexibility index (Phi) is 3.72. The highest BCUT2D eigenvalue weighted by molar-refractivity contribution is 7.88.